The highest BCUT2D eigenvalue weighted by Crippen LogP contribution is 2.24. The number of benzene rings is 1. The molecule has 0 heterocycles. The van der Waals surface area contributed by atoms with Crippen molar-refractivity contribution in [3.8, 4) is 0 Å². The molecule has 0 fully saturated rings. The van der Waals surface area contributed by atoms with Gasteiger partial charge in [0.15, 0.2) is 0 Å². The predicted octanol–water partition coefficient (Wildman–Crippen LogP) is 4.85. The average Bonchev–Trinajstić information content (AvgIpc) is 2.30. The lowest BCUT2D eigenvalue weighted by molar-refractivity contribution is -0.149. The fraction of sp³-hybridized carbons (Fsp3) is 0.600. The lowest BCUT2D eigenvalue weighted by Crippen LogP contribution is -2.39. The molecule has 1 unspecified atom stereocenters. The summed E-state index contributed by atoms with van der Waals surface area (Å²) in [6.07, 6.45) is -5.55. The maximum Gasteiger partial charge on any atom is 0.391 e. The van der Waals surface area contributed by atoms with Gasteiger partial charge in [-0.1, -0.05) is 28.1 Å². The van der Waals surface area contributed by atoms with E-state index in [1.54, 1.807) is 0 Å². The second kappa shape index (κ2) is 7.61. The summed E-state index contributed by atoms with van der Waals surface area (Å²) in [5.74, 6) is 0. The Labute approximate surface area is 132 Å². The van der Waals surface area contributed by atoms with Crippen LogP contribution in [-0.2, 0) is 4.74 Å². The van der Waals surface area contributed by atoms with Gasteiger partial charge < -0.3 is 10.1 Å². The van der Waals surface area contributed by atoms with Gasteiger partial charge in [0.2, 0.25) is 0 Å². The number of nitrogens with one attached hydrogen (secondary N) is 1. The van der Waals surface area contributed by atoms with E-state index >= 15 is 0 Å². The number of halogens is 4. The van der Waals surface area contributed by atoms with Crippen LogP contribution in [0.25, 0.3) is 0 Å². The Morgan fingerprint density at radius 2 is 1.90 bits per heavy atom. The zero-order valence-electron chi connectivity index (χ0n) is 12.4. The molecule has 0 saturated carbocycles. The lowest BCUT2D eigenvalue weighted by atomic mass is 10.1. The Balaban J connectivity index is 2.70. The minimum Gasteiger partial charge on any atom is -0.372 e. The zero-order chi connectivity index (χ0) is 16.1. The molecule has 1 N–H and O–H groups in total. The molecular weight excluding hydrogens is 347 g/mol. The van der Waals surface area contributed by atoms with Gasteiger partial charge in [0.1, 0.15) is 0 Å². The van der Waals surface area contributed by atoms with Crippen LogP contribution in [0.15, 0.2) is 28.7 Å². The van der Waals surface area contributed by atoms with E-state index in [2.05, 4.69) is 21.2 Å². The van der Waals surface area contributed by atoms with Crippen molar-refractivity contribution in [2.45, 2.75) is 45.0 Å². The summed E-state index contributed by atoms with van der Waals surface area (Å²) in [5, 5.41) is 3.27. The van der Waals surface area contributed by atoms with Crippen LogP contribution in [0, 0.1) is 0 Å². The summed E-state index contributed by atoms with van der Waals surface area (Å²) < 4.78 is 43.1. The van der Waals surface area contributed by atoms with Gasteiger partial charge in [-0.15, -0.1) is 0 Å². The van der Waals surface area contributed by atoms with Crippen LogP contribution in [0.4, 0.5) is 13.2 Å². The molecular formula is C15H21BrF3NO. The molecule has 0 aliphatic heterocycles. The normalized spacial score (nSPS) is 14.2. The van der Waals surface area contributed by atoms with Gasteiger partial charge in [-0.25, -0.2) is 0 Å². The molecule has 0 aromatic heterocycles. The van der Waals surface area contributed by atoms with Gasteiger partial charge >= 0.3 is 6.18 Å². The van der Waals surface area contributed by atoms with E-state index in [0.29, 0.717) is 6.54 Å². The zero-order valence-corrected chi connectivity index (χ0v) is 14.0. The van der Waals surface area contributed by atoms with Crippen LogP contribution in [0.2, 0.25) is 0 Å². The molecule has 6 heteroatoms. The van der Waals surface area contributed by atoms with Gasteiger partial charge in [0.25, 0.3) is 0 Å². The molecule has 0 radical (unpaired) electrons. The molecule has 1 atom stereocenters. The molecule has 0 saturated heterocycles. The highest BCUT2D eigenvalue weighted by atomic mass is 79.9. The second-order valence-electron chi connectivity index (χ2n) is 5.91. The summed E-state index contributed by atoms with van der Waals surface area (Å²) in [6, 6.07) is 7.43. The topological polar surface area (TPSA) is 21.3 Å². The van der Waals surface area contributed by atoms with Crippen LogP contribution < -0.4 is 5.32 Å². The highest BCUT2D eigenvalue weighted by Gasteiger charge is 2.27. The number of hydrogen-bond acceptors (Lipinski definition) is 2. The van der Waals surface area contributed by atoms with Crippen molar-refractivity contribution in [2.24, 2.45) is 0 Å². The van der Waals surface area contributed by atoms with E-state index in [0.717, 1.165) is 10.0 Å². The SMILES string of the molecule is CC(C)(C)NCC(OCCC(F)(F)F)c1cccc(Br)c1. The Morgan fingerprint density at radius 3 is 2.43 bits per heavy atom. The number of rotatable bonds is 6. The van der Waals surface area contributed by atoms with Crippen molar-refractivity contribution in [1.29, 1.82) is 0 Å². The highest BCUT2D eigenvalue weighted by molar-refractivity contribution is 9.10. The third-order valence-corrected chi connectivity index (χ3v) is 3.24. The largest absolute Gasteiger partial charge is 0.391 e. The van der Waals surface area contributed by atoms with Crippen LogP contribution >= 0.6 is 15.9 Å². The molecule has 0 spiro atoms. The third-order valence-electron chi connectivity index (χ3n) is 2.74. The smallest absolute Gasteiger partial charge is 0.372 e. The van der Waals surface area contributed by atoms with Gasteiger partial charge in [-0.05, 0) is 38.5 Å². The maximum atomic E-state index is 12.2. The monoisotopic (exact) mass is 367 g/mol. The van der Waals surface area contributed by atoms with Crippen LogP contribution in [0.3, 0.4) is 0 Å². The number of ether oxygens (including phenoxy) is 1. The van der Waals surface area contributed by atoms with E-state index in [-0.39, 0.29) is 12.1 Å². The van der Waals surface area contributed by atoms with Crippen molar-refractivity contribution in [2.75, 3.05) is 13.2 Å². The van der Waals surface area contributed by atoms with Crippen molar-refractivity contribution < 1.29 is 17.9 Å². The first-order valence-electron chi connectivity index (χ1n) is 6.76. The summed E-state index contributed by atoms with van der Waals surface area (Å²) in [7, 11) is 0. The molecule has 1 rings (SSSR count). The number of alkyl halides is 3. The Hall–Kier alpha value is -0.590. The van der Waals surface area contributed by atoms with Crippen molar-refractivity contribution in [3.05, 3.63) is 34.3 Å². The summed E-state index contributed by atoms with van der Waals surface area (Å²) >= 11 is 3.37. The van der Waals surface area contributed by atoms with Crippen molar-refractivity contribution in [3.63, 3.8) is 0 Å². The Kier molecular flexibility index (Phi) is 6.69. The predicted molar refractivity (Wildman–Crippen MR) is 81.3 cm³/mol. The molecule has 2 nitrogen and oxygen atoms in total. The maximum absolute atomic E-state index is 12.2. The minimum absolute atomic E-state index is 0.127. The van der Waals surface area contributed by atoms with E-state index < -0.39 is 18.7 Å². The molecule has 1 aromatic rings. The molecule has 0 aliphatic carbocycles. The van der Waals surface area contributed by atoms with Gasteiger partial charge in [-0.2, -0.15) is 13.2 Å². The molecule has 120 valence electrons. The standard InChI is InChI=1S/C15H21BrF3NO/c1-14(2,3)20-10-13(21-8-7-15(17,18)19)11-5-4-6-12(16)9-11/h4-6,9,13,20H,7-8,10H2,1-3H3. The quantitative estimate of drug-likeness (QED) is 0.775. The lowest BCUT2D eigenvalue weighted by Gasteiger charge is -2.26. The molecule has 1 aromatic carbocycles. The van der Waals surface area contributed by atoms with Crippen molar-refractivity contribution >= 4 is 15.9 Å². The summed E-state index contributed by atoms with van der Waals surface area (Å²) in [5.41, 5.74) is 0.723. The summed E-state index contributed by atoms with van der Waals surface area (Å²) in [6.45, 7) is 6.12. The Bertz CT molecular complexity index is 443. The molecule has 21 heavy (non-hydrogen) atoms. The van der Waals surface area contributed by atoms with Gasteiger partial charge in [0.05, 0.1) is 19.1 Å². The molecule has 0 bridgehead atoms. The van der Waals surface area contributed by atoms with E-state index in [9.17, 15) is 13.2 Å². The summed E-state index contributed by atoms with van der Waals surface area (Å²) in [4.78, 5) is 0. The first kappa shape index (κ1) is 18.5. The fourth-order valence-electron chi connectivity index (χ4n) is 1.70. The van der Waals surface area contributed by atoms with E-state index in [4.69, 9.17) is 4.74 Å². The van der Waals surface area contributed by atoms with Gasteiger partial charge in [0, 0.05) is 16.6 Å². The van der Waals surface area contributed by atoms with Crippen molar-refractivity contribution in [1.82, 2.24) is 5.32 Å². The Morgan fingerprint density at radius 1 is 1.24 bits per heavy atom. The van der Waals surface area contributed by atoms with Crippen LogP contribution in [0.5, 0.6) is 0 Å². The van der Waals surface area contributed by atoms with E-state index in [1.807, 2.05) is 45.0 Å². The minimum atomic E-state index is -4.20. The average molecular weight is 368 g/mol. The fourth-order valence-corrected chi connectivity index (χ4v) is 2.11. The van der Waals surface area contributed by atoms with Crippen LogP contribution in [-0.4, -0.2) is 24.9 Å². The molecule has 0 aliphatic rings. The van der Waals surface area contributed by atoms with Gasteiger partial charge in [-0.3, -0.25) is 0 Å². The van der Waals surface area contributed by atoms with Crippen LogP contribution in [0.1, 0.15) is 38.9 Å². The molecule has 0 amide bonds. The first-order valence-corrected chi connectivity index (χ1v) is 7.55. The number of hydrogen-bond donors (Lipinski definition) is 1. The second-order valence-corrected chi connectivity index (χ2v) is 6.83. The first-order chi connectivity index (χ1) is 9.57. The third kappa shape index (κ3) is 8.44. The van der Waals surface area contributed by atoms with E-state index in [1.165, 1.54) is 0 Å².